The smallest absolute Gasteiger partial charge is 0.305 e. The molecular weight excluding hydrogens is 493 g/mol. The number of carbonyl (C=O) groups is 1. The highest BCUT2D eigenvalue weighted by Crippen LogP contribution is 2.17. The lowest BCUT2D eigenvalue weighted by atomic mass is 10.2. The van der Waals surface area contributed by atoms with E-state index in [4.69, 9.17) is 4.99 Å². The first-order valence-electron chi connectivity index (χ1n) is 10.3. The second kappa shape index (κ2) is 14.0. The van der Waals surface area contributed by atoms with Crippen LogP contribution in [0.3, 0.4) is 0 Å². The lowest BCUT2D eigenvalue weighted by molar-refractivity contribution is -0.140. The molecule has 1 aromatic carbocycles. The van der Waals surface area contributed by atoms with Crippen molar-refractivity contribution in [3.8, 4) is 5.69 Å². The number of rotatable bonds is 10. The Labute approximate surface area is 196 Å². The highest BCUT2D eigenvalue weighted by Gasteiger charge is 2.08. The first kappa shape index (κ1) is 25.9. The van der Waals surface area contributed by atoms with Crippen LogP contribution < -0.4 is 10.6 Å². The van der Waals surface area contributed by atoms with Gasteiger partial charge in [0.2, 0.25) is 0 Å². The van der Waals surface area contributed by atoms with E-state index in [1.54, 1.807) is 0 Å². The van der Waals surface area contributed by atoms with Crippen molar-refractivity contribution in [3.05, 3.63) is 47.3 Å². The molecule has 30 heavy (non-hydrogen) atoms. The number of esters is 1. The molecule has 1 aromatic heterocycles. The van der Waals surface area contributed by atoms with Crippen LogP contribution in [-0.2, 0) is 16.1 Å². The SMILES string of the molecule is CCNC(=NCc1ccccc1-n1nc(C)cc1C)NCCCCCC(=O)OC.I. The maximum Gasteiger partial charge on any atom is 0.305 e. The monoisotopic (exact) mass is 527 g/mol. The minimum atomic E-state index is -0.144. The molecule has 0 bridgehead atoms. The van der Waals surface area contributed by atoms with Crippen molar-refractivity contribution in [2.45, 2.75) is 53.0 Å². The molecule has 0 atom stereocenters. The highest BCUT2D eigenvalue weighted by atomic mass is 127. The van der Waals surface area contributed by atoms with Gasteiger partial charge in [-0.05, 0) is 51.3 Å². The van der Waals surface area contributed by atoms with Crippen LogP contribution in [0, 0.1) is 13.8 Å². The summed E-state index contributed by atoms with van der Waals surface area (Å²) < 4.78 is 6.64. The van der Waals surface area contributed by atoms with Crippen LogP contribution in [0.15, 0.2) is 35.3 Å². The van der Waals surface area contributed by atoms with Gasteiger partial charge in [-0.15, -0.1) is 24.0 Å². The van der Waals surface area contributed by atoms with E-state index < -0.39 is 0 Å². The van der Waals surface area contributed by atoms with E-state index in [1.807, 2.05) is 23.7 Å². The summed E-state index contributed by atoms with van der Waals surface area (Å²) >= 11 is 0. The molecule has 2 aromatic rings. The molecule has 0 spiro atoms. The molecule has 2 rings (SSSR count). The van der Waals surface area contributed by atoms with Gasteiger partial charge in [-0.2, -0.15) is 5.10 Å². The molecule has 0 saturated carbocycles. The Balaban J connectivity index is 0.00000450. The van der Waals surface area contributed by atoms with Crippen LogP contribution in [0.2, 0.25) is 0 Å². The Morgan fingerprint density at radius 3 is 2.60 bits per heavy atom. The van der Waals surface area contributed by atoms with Gasteiger partial charge < -0.3 is 15.4 Å². The zero-order valence-corrected chi connectivity index (χ0v) is 20.7. The number of halogens is 1. The van der Waals surface area contributed by atoms with Gasteiger partial charge in [-0.1, -0.05) is 24.6 Å². The molecule has 0 saturated heterocycles. The Morgan fingerprint density at radius 2 is 1.93 bits per heavy atom. The fraction of sp³-hybridized carbons (Fsp3) is 0.500. The van der Waals surface area contributed by atoms with Crippen LogP contribution in [0.5, 0.6) is 0 Å². The Hall–Kier alpha value is -2.10. The van der Waals surface area contributed by atoms with E-state index in [-0.39, 0.29) is 29.9 Å². The third-order valence-corrected chi connectivity index (χ3v) is 4.56. The number of unbranched alkanes of at least 4 members (excludes halogenated alkanes) is 2. The molecule has 7 nitrogen and oxygen atoms in total. The van der Waals surface area contributed by atoms with E-state index in [9.17, 15) is 4.79 Å². The first-order valence-corrected chi connectivity index (χ1v) is 10.3. The van der Waals surface area contributed by atoms with Crippen molar-refractivity contribution in [1.82, 2.24) is 20.4 Å². The van der Waals surface area contributed by atoms with Gasteiger partial charge in [-0.3, -0.25) is 4.79 Å². The van der Waals surface area contributed by atoms with Crippen LogP contribution in [0.25, 0.3) is 5.69 Å². The molecule has 2 N–H and O–H groups in total. The van der Waals surface area contributed by atoms with Crippen LogP contribution in [0.1, 0.15) is 49.6 Å². The molecule has 0 radical (unpaired) electrons. The Kier molecular flexibility index (Phi) is 12.1. The van der Waals surface area contributed by atoms with Crippen LogP contribution in [0.4, 0.5) is 0 Å². The number of aromatic nitrogens is 2. The number of aryl methyl sites for hydroxylation is 2. The van der Waals surface area contributed by atoms with Crippen LogP contribution in [-0.4, -0.2) is 41.9 Å². The lowest BCUT2D eigenvalue weighted by Gasteiger charge is -2.13. The second-order valence-corrected chi connectivity index (χ2v) is 6.98. The summed E-state index contributed by atoms with van der Waals surface area (Å²) in [5, 5.41) is 11.3. The number of para-hydroxylation sites is 1. The number of nitrogens with one attached hydrogen (secondary N) is 2. The highest BCUT2D eigenvalue weighted by molar-refractivity contribution is 14.0. The Bertz CT molecular complexity index is 820. The van der Waals surface area contributed by atoms with Crippen molar-refractivity contribution in [3.63, 3.8) is 0 Å². The van der Waals surface area contributed by atoms with E-state index in [0.29, 0.717) is 13.0 Å². The quantitative estimate of drug-likeness (QED) is 0.161. The van der Waals surface area contributed by atoms with Crippen molar-refractivity contribution in [2.24, 2.45) is 4.99 Å². The number of aliphatic imine (C=N–C) groups is 1. The predicted molar refractivity (Wildman–Crippen MR) is 132 cm³/mol. The normalized spacial score (nSPS) is 11.0. The largest absolute Gasteiger partial charge is 0.469 e. The van der Waals surface area contributed by atoms with Gasteiger partial charge in [0.1, 0.15) is 0 Å². The maximum atomic E-state index is 11.1. The van der Waals surface area contributed by atoms with Crippen molar-refractivity contribution < 1.29 is 9.53 Å². The molecule has 0 aliphatic rings. The number of nitrogens with zero attached hydrogens (tertiary/aromatic N) is 3. The van der Waals surface area contributed by atoms with E-state index >= 15 is 0 Å². The minimum Gasteiger partial charge on any atom is -0.469 e. The van der Waals surface area contributed by atoms with E-state index in [0.717, 1.165) is 61.0 Å². The lowest BCUT2D eigenvalue weighted by Crippen LogP contribution is -2.37. The molecule has 8 heteroatoms. The number of benzene rings is 1. The molecule has 1 heterocycles. The molecule has 0 unspecified atom stereocenters. The fourth-order valence-corrected chi connectivity index (χ4v) is 3.11. The number of hydrogen-bond donors (Lipinski definition) is 2. The molecule has 166 valence electrons. The summed E-state index contributed by atoms with van der Waals surface area (Å²) in [6, 6.07) is 10.3. The maximum absolute atomic E-state index is 11.1. The Morgan fingerprint density at radius 1 is 1.17 bits per heavy atom. The fourth-order valence-electron chi connectivity index (χ4n) is 3.11. The molecule has 0 aliphatic carbocycles. The van der Waals surface area contributed by atoms with Gasteiger partial charge in [0.15, 0.2) is 5.96 Å². The number of hydrogen-bond acceptors (Lipinski definition) is 4. The molecule has 0 amide bonds. The summed E-state index contributed by atoms with van der Waals surface area (Å²) in [5.41, 5.74) is 4.29. The van der Waals surface area contributed by atoms with E-state index in [2.05, 4.69) is 52.5 Å². The second-order valence-electron chi connectivity index (χ2n) is 6.98. The number of guanidine groups is 1. The zero-order valence-electron chi connectivity index (χ0n) is 18.4. The zero-order chi connectivity index (χ0) is 21.1. The summed E-state index contributed by atoms with van der Waals surface area (Å²) in [5.74, 6) is 0.651. The third-order valence-electron chi connectivity index (χ3n) is 4.56. The first-order chi connectivity index (χ1) is 14.0. The van der Waals surface area contributed by atoms with Crippen molar-refractivity contribution in [2.75, 3.05) is 20.2 Å². The summed E-state index contributed by atoms with van der Waals surface area (Å²) in [6.45, 7) is 8.29. The van der Waals surface area contributed by atoms with Crippen LogP contribution >= 0.6 is 24.0 Å². The number of methoxy groups -OCH3 is 1. The average molecular weight is 527 g/mol. The standard InChI is InChI=1S/C22H33N5O2.HI/c1-5-23-22(24-14-10-6-7-13-21(28)29-4)25-16-19-11-8-9-12-20(19)27-18(3)15-17(2)26-27;/h8-9,11-12,15H,5-7,10,13-14,16H2,1-4H3,(H2,23,24,25);1H. The van der Waals surface area contributed by atoms with Crippen molar-refractivity contribution in [1.29, 1.82) is 0 Å². The topological polar surface area (TPSA) is 80.5 Å². The van der Waals surface area contributed by atoms with Gasteiger partial charge in [-0.25, -0.2) is 9.67 Å². The van der Waals surface area contributed by atoms with Gasteiger partial charge in [0, 0.05) is 25.2 Å². The summed E-state index contributed by atoms with van der Waals surface area (Å²) in [6.07, 6.45) is 3.28. The van der Waals surface area contributed by atoms with Gasteiger partial charge >= 0.3 is 5.97 Å². The summed E-state index contributed by atoms with van der Waals surface area (Å²) in [7, 11) is 1.43. The van der Waals surface area contributed by atoms with Crippen molar-refractivity contribution >= 4 is 35.9 Å². The van der Waals surface area contributed by atoms with E-state index in [1.165, 1.54) is 7.11 Å². The third kappa shape index (κ3) is 8.33. The number of carbonyl (C=O) groups excluding carboxylic acids is 1. The van der Waals surface area contributed by atoms with Gasteiger partial charge in [0.25, 0.3) is 0 Å². The summed E-state index contributed by atoms with van der Waals surface area (Å²) in [4.78, 5) is 15.9. The molecule has 0 aliphatic heterocycles. The minimum absolute atomic E-state index is 0. The number of ether oxygens (including phenoxy) is 1. The molecule has 0 fully saturated rings. The van der Waals surface area contributed by atoms with Gasteiger partial charge in [0.05, 0.1) is 25.0 Å². The average Bonchev–Trinajstić information content (AvgIpc) is 3.06. The predicted octanol–water partition coefficient (Wildman–Crippen LogP) is 3.90. The molecular formula is C22H34IN5O2.